The van der Waals surface area contributed by atoms with Crippen LogP contribution in [-0.2, 0) is 14.8 Å². The molecule has 16 nitrogen and oxygen atoms in total. The lowest BCUT2D eigenvalue weighted by Crippen LogP contribution is -2.47. The number of rotatable bonds is 12. The number of piperazine rings is 1. The summed E-state index contributed by atoms with van der Waals surface area (Å²) in [4.78, 5) is 40.1. The first-order chi connectivity index (χ1) is 31.7. The number of nitrogens with two attached hydrogens (primary N) is 1. The number of nitro benzene ring substituents is 1. The summed E-state index contributed by atoms with van der Waals surface area (Å²) in [6.45, 7) is 10.7. The van der Waals surface area contributed by atoms with Crippen molar-refractivity contribution in [1.82, 2.24) is 19.6 Å². The minimum Gasteiger partial charge on any atom is -0.474 e. The van der Waals surface area contributed by atoms with E-state index in [1.54, 1.807) is 12.3 Å². The number of nitrogens with one attached hydrogen (secondary N) is 3. The average Bonchev–Trinajstić information content (AvgIpc) is 3.71. The van der Waals surface area contributed by atoms with Crippen molar-refractivity contribution in [2.45, 2.75) is 56.9 Å². The molecule has 1 amide bonds. The number of amides is 1. The molecule has 0 saturated carbocycles. The molecule has 1 aliphatic carbocycles. The van der Waals surface area contributed by atoms with Crippen LogP contribution in [-0.4, -0.2) is 106 Å². The topological polar surface area (TPSA) is 201 Å². The Kier molecular flexibility index (Phi) is 13.0. The van der Waals surface area contributed by atoms with Crippen LogP contribution in [0.15, 0.2) is 89.5 Å². The summed E-state index contributed by atoms with van der Waals surface area (Å²) in [5.41, 5.74) is 13.2. The van der Waals surface area contributed by atoms with Gasteiger partial charge < -0.3 is 35.3 Å². The number of H-pyrrole nitrogens is 1. The smallest absolute Gasteiger partial charge is 0.293 e. The number of hydrogen-bond acceptors (Lipinski definition) is 13. The van der Waals surface area contributed by atoms with Gasteiger partial charge >= 0.3 is 0 Å². The van der Waals surface area contributed by atoms with E-state index in [1.807, 2.05) is 41.3 Å². The van der Waals surface area contributed by atoms with Gasteiger partial charge in [0.05, 0.1) is 27.1 Å². The number of carbonyl (C=O) groups excluding carboxylic acids is 1. The van der Waals surface area contributed by atoms with E-state index in [4.69, 9.17) is 31.8 Å². The molecule has 4 aliphatic rings. The third-order valence-corrected chi connectivity index (χ3v) is 14.9. The summed E-state index contributed by atoms with van der Waals surface area (Å²) in [6.07, 6.45) is 6.59. The van der Waals surface area contributed by atoms with E-state index >= 15 is 0 Å². The second-order valence-corrected chi connectivity index (χ2v) is 20.7. The van der Waals surface area contributed by atoms with Gasteiger partial charge in [-0.3, -0.25) is 19.8 Å². The van der Waals surface area contributed by atoms with Crippen molar-refractivity contribution < 1.29 is 27.6 Å². The Morgan fingerprint density at radius 3 is 2.55 bits per heavy atom. The molecule has 5 heterocycles. The monoisotopic (exact) mass is 937 g/mol. The summed E-state index contributed by atoms with van der Waals surface area (Å²) in [5.74, 6) is -0.338. The molecular weight excluding hydrogens is 882 g/mol. The maximum absolute atomic E-state index is 14.4. The Hall–Kier alpha value is -5.72. The van der Waals surface area contributed by atoms with Crippen LogP contribution in [0.3, 0.4) is 0 Å². The number of ether oxygens (including phenoxy) is 2. The zero-order chi connectivity index (χ0) is 46.2. The molecule has 0 spiro atoms. The first-order valence-corrected chi connectivity index (χ1v) is 24.5. The Labute approximate surface area is 389 Å². The van der Waals surface area contributed by atoms with Crippen LogP contribution in [0.5, 0.6) is 5.88 Å². The van der Waals surface area contributed by atoms with Crippen molar-refractivity contribution in [2.24, 2.45) is 17.1 Å². The van der Waals surface area contributed by atoms with Crippen LogP contribution >= 0.6 is 11.6 Å². The van der Waals surface area contributed by atoms with Gasteiger partial charge in [0.25, 0.3) is 21.6 Å². The molecule has 9 rings (SSSR count). The number of allylic oxidation sites excluding steroid dienone is 1. The number of sulfonamides is 1. The van der Waals surface area contributed by atoms with Gasteiger partial charge in [0.2, 0.25) is 5.88 Å². The second-order valence-electron chi connectivity index (χ2n) is 18.6. The predicted molar refractivity (Wildman–Crippen MR) is 257 cm³/mol. The van der Waals surface area contributed by atoms with E-state index in [2.05, 4.69) is 50.8 Å². The Morgan fingerprint density at radius 2 is 1.79 bits per heavy atom. The number of carbonyl (C=O) groups is 1. The van der Waals surface area contributed by atoms with Crippen LogP contribution in [0, 0.1) is 21.4 Å². The van der Waals surface area contributed by atoms with E-state index in [0.29, 0.717) is 42.7 Å². The number of nitrogens with zero attached hydrogens (tertiary/aromatic N) is 5. The van der Waals surface area contributed by atoms with Crippen molar-refractivity contribution in [1.29, 1.82) is 0 Å². The quantitative estimate of drug-likeness (QED) is 0.0700. The largest absolute Gasteiger partial charge is 0.474 e. The van der Waals surface area contributed by atoms with Crippen molar-refractivity contribution in [3.63, 3.8) is 0 Å². The minimum absolute atomic E-state index is 0.0568. The molecule has 1 atom stereocenters. The highest BCUT2D eigenvalue weighted by Crippen LogP contribution is 2.44. The lowest BCUT2D eigenvalue weighted by atomic mass is 9.72. The fraction of sp³-hybridized carbons (Fsp3) is 0.417. The molecule has 18 heteroatoms. The number of anilines is 4. The lowest BCUT2D eigenvalue weighted by molar-refractivity contribution is -0.384. The molecule has 2 fully saturated rings. The summed E-state index contributed by atoms with van der Waals surface area (Å²) >= 11 is 6.27. The van der Waals surface area contributed by atoms with Gasteiger partial charge in [-0.05, 0) is 109 Å². The van der Waals surface area contributed by atoms with Crippen molar-refractivity contribution in [2.75, 3.05) is 80.8 Å². The molecule has 0 bridgehead atoms. The van der Waals surface area contributed by atoms with E-state index in [-0.39, 0.29) is 35.7 Å². The first kappa shape index (κ1) is 45.4. The van der Waals surface area contributed by atoms with E-state index in [1.165, 1.54) is 28.8 Å². The fourth-order valence-electron chi connectivity index (χ4n) is 9.50. The predicted octanol–water partition coefficient (Wildman–Crippen LogP) is 7.73. The normalized spacial score (nSPS) is 19.5. The van der Waals surface area contributed by atoms with Crippen molar-refractivity contribution in [3.05, 3.63) is 111 Å². The average molecular weight is 939 g/mol. The number of fused-ring (bicyclic) bond motifs is 2. The number of aromatic nitrogens is 2. The number of nitro groups is 1. The van der Waals surface area contributed by atoms with E-state index in [9.17, 15) is 23.3 Å². The van der Waals surface area contributed by atoms with Gasteiger partial charge in [-0.2, -0.15) is 4.98 Å². The molecule has 0 radical (unpaired) electrons. The Balaban J connectivity index is 0.998. The number of hydrogen-bond donors (Lipinski definition) is 4. The Bertz CT molecular complexity index is 2770. The summed E-state index contributed by atoms with van der Waals surface area (Å²) in [6, 6.07) is 20.4. The highest BCUT2D eigenvalue weighted by molar-refractivity contribution is 7.90. The van der Waals surface area contributed by atoms with Gasteiger partial charge in [-0.1, -0.05) is 43.2 Å². The van der Waals surface area contributed by atoms with Gasteiger partial charge in [-0.25, -0.2) is 13.1 Å². The number of halogens is 1. The van der Waals surface area contributed by atoms with Crippen LogP contribution in [0.4, 0.5) is 28.4 Å². The van der Waals surface area contributed by atoms with Gasteiger partial charge in [0.1, 0.15) is 23.6 Å². The molecule has 2 saturated heterocycles. The number of aromatic amines is 1. The molecule has 2 aromatic heterocycles. The third kappa shape index (κ3) is 10.0. The standard InChI is InChI=1S/C48H56ClN9O7S/c1-48(2)15-11-34(40(26-48)32-3-5-35(49)6-4-32)28-55-17-19-56(20-18-55)37-7-9-39(42(24-37)57-29-36(50)30-65-47-44(57)23-33-12-16-51-45(33)53-47)46(59)54-66(62,63)38-8-10-41(43(25-38)58(60)61)52-27-31-13-21-64-22-14-31/h3-10,12,16,23-25,31,36,52H,11,13-15,17-22,26-30,50H2,1-2H3,(H,51,53)(H,54,59)/t36-/m0/s1. The zero-order valence-corrected chi connectivity index (χ0v) is 38.8. The highest BCUT2D eigenvalue weighted by atomic mass is 35.5. The third-order valence-electron chi connectivity index (χ3n) is 13.3. The van der Waals surface area contributed by atoms with Gasteiger partial charge in [-0.15, -0.1) is 0 Å². The molecule has 3 aromatic carbocycles. The van der Waals surface area contributed by atoms with Crippen LogP contribution in [0.2, 0.25) is 5.02 Å². The maximum atomic E-state index is 14.4. The maximum Gasteiger partial charge on any atom is 0.293 e. The zero-order valence-electron chi connectivity index (χ0n) is 37.2. The first-order valence-electron chi connectivity index (χ1n) is 22.6. The summed E-state index contributed by atoms with van der Waals surface area (Å²) < 4.78 is 41.7. The highest BCUT2D eigenvalue weighted by Gasteiger charge is 2.33. The molecule has 5 N–H and O–H groups in total. The SMILES string of the molecule is CC1(C)CCC(CN2CCN(c3ccc(C(=O)NS(=O)(=O)c4ccc(NCC5CCOCC5)c([N+](=O)[O-])c4)c(N4C[C@H](N)COc5nc6[nH]ccc6cc54)c3)CC2)=C(c2ccc(Cl)cc2)C1. The molecule has 348 valence electrons. The molecule has 5 aromatic rings. The van der Waals surface area contributed by atoms with Gasteiger partial charge in [0, 0.05) is 87.4 Å². The lowest BCUT2D eigenvalue weighted by Gasteiger charge is -2.39. The molecule has 66 heavy (non-hydrogen) atoms. The van der Waals surface area contributed by atoms with Crippen LogP contribution in [0.1, 0.15) is 61.9 Å². The van der Waals surface area contributed by atoms with E-state index in [0.717, 1.165) is 87.0 Å². The molecule has 3 aliphatic heterocycles. The minimum atomic E-state index is -4.60. The molecule has 0 unspecified atom stereocenters. The fourth-order valence-corrected chi connectivity index (χ4v) is 10.6. The number of benzene rings is 3. The second kappa shape index (κ2) is 18.9. The Morgan fingerprint density at radius 1 is 1.02 bits per heavy atom. The van der Waals surface area contributed by atoms with Crippen molar-refractivity contribution >= 4 is 72.6 Å². The van der Waals surface area contributed by atoms with Crippen molar-refractivity contribution in [3.8, 4) is 5.88 Å². The summed E-state index contributed by atoms with van der Waals surface area (Å²) in [5, 5.41) is 16.9. The van der Waals surface area contributed by atoms with Crippen LogP contribution < -0.4 is 30.3 Å². The summed E-state index contributed by atoms with van der Waals surface area (Å²) in [7, 11) is -4.60. The van der Waals surface area contributed by atoms with E-state index < -0.39 is 37.5 Å². The van der Waals surface area contributed by atoms with Crippen LogP contribution in [0.25, 0.3) is 16.6 Å². The number of pyridine rings is 1. The molecular formula is C48H56ClN9O7S. The van der Waals surface area contributed by atoms with Gasteiger partial charge in [0.15, 0.2) is 0 Å².